The summed E-state index contributed by atoms with van der Waals surface area (Å²) >= 11 is 0. The van der Waals surface area contributed by atoms with Crippen molar-refractivity contribution < 1.29 is 33.7 Å². The number of rotatable bonds is 6. The minimum absolute atomic E-state index is 0.0880. The summed E-state index contributed by atoms with van der Waals surface area (Å²) < 4.78 is 15.3. The van der Waals surface area contributed by atoms with Gasteiger partial charge in [-0.2, -0.15) is 0 Å². The number of hydrogen-bond donors (Lipinski definition) is 1. The van der Waals surface area contributed by atoms with Crippen molar-refractivity contribution >= 4 is 18.1 Å². The summed E-state index contributed by atoms with van der Waals surface area (Å²) in [7, 11) is 0. The Bertz CT molecular complexity index is 994. The van der Waals surface area contributed by atoms with Crippen LogP contribution in [-0.2, 0) is 11.3 Å². The van der Waals surface area contributed by atoms with Crippen molar-refractivity contribution in [1.29, 1.82) is 0 Å². The summed E-state index contributed by atoms with van der Waals surface area (Å²) in [5, 5.41) is 8.86. The van der Waals surface area contributed by atoms with Gasteiger partial charge in [0, 0.05) is 0 Å². The molecule has 3 aromatic carbocycles. The number of aromatic carboxylic acids is 1. The molecule has 3 aromatic rings. The van der Waals surface area contributed by atoms with E-state index in [9.17, 15) is 14.4 Å². The third-order valence-corrected chi connectivity index (χ3v) is 3.80. The van der Waals surface area contributed by atoms with E-state index in [1.807, 2.05) is 30.3 Å². The van der Waals surface area contributed by atoms with Gasteiger partial charge in [0.1, 0.15) is 18.1 Å². The Morgan fingerprint density at radius 3 is 1.83 bits per heavy atom. The number of esters is 1. The lowest BCUT2D eigenvalue weighted by Gasteiger charge is -2.07. The van der Waals surface area contributed by atoms with Crippen molar-refractivity contribution in [2.45, 2.75) is 6.61 Å². The van der Waals surface area contributed by atoms with Crippen LogP contribution in [0.1, 0.15) is 26.3 Å². The Hall–Kier alpha value is -4.13. The molecule has 146 valence electrons. The molecule has 0 spiro atoms. The van der Waals surface area contributed by atoms with Crippen LogP contribution in [0.3, 0.4) is 0 Å². The molecular formula is C22H16O7. The molecule has 0 fully saturated rings. The zero-order chi connectivity index (χ0) is 20.6. The second kappa shape index (κ2) is 9.18. The topological polar surface area (TPSA) is 99.1 Å². The zero-order valence-electron chi connectivity index (χ0n) is 15.1. The average Bonchev–Trinajstić information content (AvgIpc) is 2.74. The largest absolute Gasteiger partial charge is 0.514 e. The van der Waals surface area contributed by atoms with Crippen molar-refractivity contribution in [3.05, 3.63) is 95.6 Å². The minimum Gasteiger partial charge on any atom is -0.478 e. The predicted molar refractivity (Wildman–Crippen MR) is 102 cm³/mol. The highest BCUT2D eigenvalue weighted by atomic mass is 16.7. The van der Waals surface area contributed by atoms with Gasteiger partial charge in [-0.1, -0.05) is 30.3 Å². The van der Waals surface area contributed by atoms with Crippen LogP contribution in [0.2, 0.25) is 0 Å². The van der Waals surface area contributed by atoms with Crippen molar-refractivity contribution in [2.24, 2.45) is 0 Å². The van der Waals surface area contributed by atoms with E-state index >= 15 is 0 Å². The number of hydrogen-bond acceptors (Lipinski definition) is 6. The highest BCUT2D eigenvalue weighted by molar-refractivity contribution is 5.91. The van der Waals surface area contributed by atoms with E-state index in [1.165, 1.54) is 48.5 Å². The smallest absolute Gasteiger partial charge is 0.478 e. The van der Waals surface area contributed by atoms with Crippen LogP contribution >= 0.6 is 0 Å². The van der Waals surface area contributed by atoms with E-state index in [1.54, 1.807) is 0 Å². The second-order valence-corrected chi connectivity index (χ2v) is 5.87. The van der Waals surface area contributed by atoms with Gasteiger partial charge in [-0.3, -0.25) is 0 Å². The molecule has 0 saturated heterocycles. The molecule has 0 aliphatic carbocycles. The Balaban J connectivity index is 1.52. The fourth-order valence-corrected chi connectivity index (χ4v) is 2.33. The highest BCUT2D eigenvalue weighted by Crippen LogP contribution is 2.17. The Labute approximate surface area is 166 Å². The van der Waals surface area contributed by atoms with Gasteiger partial charge >= 0.3 is 18.1 Å². The fourth-order valence-electron chi connectivity index (χ4n) is 2.33. The first-order valence-electron chi connectivity index (χ1n) is 8.55. The predicted octanol–water partition coefficient (Wildman–Crippen LogP) is 4.32. The first-order valence-corrected chi connectivity index (χ1v) is 8.55. The number of carbonyl (C=O) groups is 3. The first kappa shape index (κ1) is 19.6. The lowest BCUT2D eigenvalue weighted by Crippen LogP contribution is -2.11. The molecule has 0 aliphatic heterocycles. The van der Waals surface area contributed by atoms with E-state index in [0.29, 0.717) is 0 Å². The molecule has 0 aromatic heterocycles. The normalized spacial score (nSPS) is 10.1. The quantitative estimate of drug-likeness (QED) is 0.379. The summed E-state index contributed by atoms with van der Waals surface area (Å²) in [5.74, 6) is -1.28. The highest BCUT2D eigenvalue weighted by Gasteiger charge is 2.12. The van der Waals surface area contributed by atoms with Gasteiger partial charge in [0.05, 0.1) is 11.1 Å². The van der Waals surface area contributed by atoms with E-state index in [4.69, 9.17) is 19.3 Å². The van der Waals surface area contributed by atoms with Crippen molar-refractivity contribution in [3.8, 4) is 11.5 Å². The van der Waals surface area contributed by atoms with Crippen LogP contribution in [0.15, 0.2) is 78.9 Å². The molecule has 7 nitrogen and oxygen atoms in total. The maximum atomic E-state index is 12.2. The van der Waals surface area contributed by atoms with Crippen molar-refractivity contribution in [1.82, 2.24) is 0 Å². The molecule has 3 rings (SSSR count). The van der Waals surface area contributed by atoms with E-state index in [-0.39, 0.29) is 29.2 Å². The fraction of sp³-hybridized carbons (Fsp3) is 0.0455. The minimum atomic E-state index is -1.07. The van der Waals surface area contributed by atoms with Gasteiger partial charge in [-0.05, 0) is 54.1 Å². The maximum Gasteiger partial charge on any atom is 0.514 e. The molecule has 0 aliphatic rings. The lowest BCUT2D eigenvalue weighted by atomic mass is 10.2. The summed E-state index contributed by atoms with van der Waals surface area (Å²) in [6, 6.07) is 20.4. The third kappa shape index (κ3) is 5.67. The third-order valence-electron chi connectivity index (χ3n) is 3.80. The molecule has 0 saturated carbocycles. The lowest BCUT2D eigenvalue weighted by molar-refractivity contribution is 0.0696. The average molecular weight is 392 g/mol. The summed E-state index contributed by atoms with van der Waals surface area (Å²) in [6.07, 6.45) is -0.859. The standard InChI is InChI=1S/C22H16O7/c23-20(24)16-6-10-18(11-7-16)28-21(25)17-8-12-19(13-9-17)29-22(26)27-14-15-4-2-1-3-5-15/h1-13H,14H2,(H,23,24). The number of carboxylic acids is 1. The number of carbonyl (C=O) groups excluding carboxylic acids is 2. The number of carboxylic acid groups (broad SMARTS) is 1. The van der Waals surface area contributed by atoms with Crippen LogP contribution in [0.5, 0.6) is 11.5 Å². The zero-order valence-corrected chi connectivity index (χ0v) is 15.1. The van der Waals surface area contributed by atoms with Crippen molar-refractivity contribution in [2.75, 3.05) is 0 Å². The van der Waals surface area contributed by atoms with Crippen molar-refractivity contribution in [3.63, 3.8) is 0 Å². The van der Waals surface area contributed by atoms with Gasteiger partial charge in [-0.15, -0.1) is 0 Å². The summed E-state index contributed by atoms with van der Waals surface area (Å²) in [6.45, 7) is 0.0880. The SMILES string of the molecule is O=C(OCc1ccccc1)Oc1ccc(C(=O)Oc2ccc(C(=O)O)cc2)cc1. The first-order chi connectivity index (χ1) is 14.0. The van der Waals surface area contributed by atoms with Crippen LogP contribution in [-0.4, -0.2) is 23.2 Å². The maximum absolute atomic E-state index is 12.2. The van der Waals surface area contributed by atoms with Gasteiger partial charge < -0.3 is 19.3 Å². The summed E-state index contributed by atoms with van der Waals surface area (Å²) in [5.41, 5.74) is 1.15. The Morgan fingerprint density at radius 2 is 1.24 bits per heavy atom. The molecular weight excluding hydrogens is 376 g/mol. The van der Waals surface area contributed by atoms with E-state index in [2.05, 4.69) is 0 Å². The van der Waals surface area contributed by atoms with Crippen LogP contribution in [0.4, 0.5) is 4.79 Å². The van der Waals surface area contributed by atoms with Crippen LogP contribution in [0, 0.1) is 0 Å². The van der Waals surface area contributed by atoms with E-state index < -0.39 is 18.1 Å². The van der Waals surface area contributed by atoms with Crippen LogP contribution < -0.4 is 9.47 Å². The van der Waals surface area contributed by atoms with Gasteiger partial charge in [0.15, 0.2) is 0 Å². The number of ether oxygens (including phenoxy) is 3. The van der Waals surface area contributed by atoms with Gasteiger partial charge in [0.25, 0.3) is 0 Å². The van der Waals surface area contributed by atoms with Gasteiger partial charge in [0.2, 0.25) is 0 Å². The Morgan fingerprint density at radius 1 is 0.690 bits per heavy atom. The van der Waals surface area contributed by atoms with E-state index in [0.717, 1.165) is 5.56 Å². The second-order valence-electron chi connectivity index (χ2n) is 5.87. The molecule has 7 heteroatoms. The molecule has 0 atom stereocenters. The monoisotopic (exact) mass is 392 g/mol. The molecule has 0 bridgehead atoms. The number of benzene rings is 3. The molecule has 0 radical (unpaired) electrons. The molecule has 0 unspecified atom stereocenters. The van der Waals surface area contributed by atoms with Gasteiger partial charge in [-0.25, -0.2) is 14.4 Å². The van der Waals surface area contributed by atoms with Crippen LogP contribution in [0.25, 0.3) is 0 Å². The molecule has 0 heterocycles. The molecule has 29 heavy (non-hydrogen) atoms. The molecule has 0 amide bonds. The summed E-state index contributed by atoms with van der Waals surface area (Å²) in [4.78, 5) is 34.7. The Kier molecular flexibility index (Phi) is 6.22. The molecule has 1 N–H and O–H groups in total.